The van der Waals surface area contributed by atoms with E-state index < -0.39 is 9.84 Å². The van der Waals surface area contributed by atoms with Crippen molar-refractivity contribution in [3.63, 3.8) is 0 Å². The summed E-state index contributed by atoms with van der Waals surface area (Å²) in [5.41, 5.74) is 3.18. The summed E-state index contributed by atoms with van der Waals surface area (Å²) >= 11 is 0. The van der Waals surface area contributed by atoms with E-state index in [4.69, 9.17) is 0 Å². The molecule has 2 aliphatic heterocycles. The number of sulfone groups is 1. The number of amides is 1. The third-order valence-electron chi connectivity index (χ3n) is 5.83. The maximum Gasteiger partial charge on any atom is 0.257 e. The van der Waals surface area contributed by atoms with Crippen LogP contribution in [-0.2, 0) is 9.84 Å². The van der Waals surface area contributed by atoms with Gasteiger partial charge in [0.05, 0.1) is 34.1 Å². The number of carbonyl (C=O) groups is 1. The van der Waals surface area contributed by atoms with E-state index in [0.717, 1.165) is 30.2 Å². The standard InChI is InChI=1S/C20H26N4O3S/c1-15-19(16(2)24(21-15)17-6-4-3-5-7-17)20(25)23-11-9-22(10-12-23)18-8-13-28(26,27)14-18/h3-7,18H,8-14H2,1-2H3/t18-/m0/s1. The van der Waals surface area contributed by atoms with Crippen molar-refractivity contribution in [2.45, 2.75) is 26.3 Å². The Balaban J connectivity index is 1.47. The molecule has 0 spiro atoms. The fraction of sp³-hybridized carbons (Fsp3) is 0.500. The number of aromatic nitrogens is 2. The van der Waals surface area contributed by atoms with Crippen LogP contribution in [0.2, 0.25) is 0 Å². The van der Waals surface area contributed by atoms with E-state index in [0.29, 0.717) is 25.1 Å². The van der Waals surface area contributed by atoms with Crippen LogP contribution in [0.25, 0.3) is 5.69 Å². The Labute approximate surface area is 165 Å². The van der Waals surface area contributed by atoms with Crippen molar-refractivity contribution in [2.24, 2.45) is 0 Å². The van der Waals surface area contributed by atoms with Crippen LogP contribution < -0.4 is 0 Å². The second-order valence-electron chi connectivity index (χ2n) is 7.68. The Morgan fingerprint density at radius 1 is 1.07 bits per heavy atom. The molecule has 0 N–H and O–H groups in total. The number of carbonyl (C=O) groups excluding carboxylic acids is 1. The monoisotopic (exact) mass is 402 g/mol. The minimum atomic E-state index is -2.89. The number of rotatable bonds is 3. The van der Waals surface area contributed by atoms with Crippen molar-refractivity contribution < 1.29 is 13.2 Å². The van der Waals surface area contributed by atoms with E-state index in [1.54, 1.807) is 0 Å². The largest absolute Gasteiger partial charge is 0.336 e. The van der Waals surface area contributed by atoms with E-state index >= 15 is 0 Å². The first-order valence-corrected chi connectivity index (χ1v) is 11.5. The minimum Gasteiger partial charge on any atom is -0.336 e. The zero-order valence-electron chi connectivity index (χ0n) is 16.3. The number of hydrogen-bond acceptors (Lipinski definition) is 5. The van der Waals surface area contributed by atoms with Crippen LogP contribution in [0.5, 0.6) is 0 Å². The van der Waals surface area contributed by atoms with Crippen LogP contribution in [0.1, 0.15) is 28.2 Å². The first-order valence-electron chi connectivity index (χ1n) is 9.71. The fourth-order valence-electron chi connectivity index (χ4n) is 4.28. The van der Waals surface area contributed by atoms with E-state index in [1.807, 2.05) is 53.8 Å². The summed E-state index contributed by atoms with van der Waals surface area (Å²) in [6.07, 6.45) is 0.707. The SMILES string of the molecule is Cc1nn(-c2ccccc2)c(C)c1C(=O)N1CCN([C@H]2CCS(=O)(=O)C2)CC1. The number of hydrogen-bond donors (Lipinski definition) is 0. The van der Waals surface area contributed by atoms with Gasteiger partial charge in [0.25, 0.3) is 5.91 Å². The van der Waals surface area contributed by atoms with Crippen molar-refractivity contribution in [1.82, 2.24) is 19.6 Å². The Bertz CT molecular complexity index is 976. The van der Waals surface area contributed by atoms with Gasteiger partial charge in [-0.25, -0.2) is 13.1 Å². The third-order valence-corrected chi connectivity index (χ3v) is 7.58. The Morgan fingerprint density at radius 2 is 1.75 bits per heavy atom. The number of para-hydroxylation sites is 1. The van der Waals surface area contributed by atoms with Crippen LogP contribution in [0.15, 0.2) is 30.3 Å². The van der Waals surface area contributed by atoms with Crippen molar-refractivity contribution in [3.8, 4) is 5.69 Å². The predicted molar refractivity (Wildman–Crippen MR) is 108 cm³/mol. The molecule has 7 nitrogen and oxygen atoms in total. The van der Waals surface area contributed by atoms with Crippen molar-refractivity contribution in [3.05, 3.63) is 47.3 Å². The first kappa shape index (κ1) is 19.1. The molecule has 0 bridgehead atoms. The van der Waals surface area contributed by atoms with Gasteiger partial charge in [-0.1, -0.05) is 18.2 Å². The zero-order chi connectivity index (χ0) is 19.9. The number of aryl methyl sites for hydroxylation is 1. The van der Waals surface area contributed by atoms with E-state index in [2.05, 4.69) is 10.00 Å². The molecule has 2 fully saturated rings. The molecule has 2 aromatic rings. The van der Waals surface area contributed by atoms with E-state index in [1.165, 1.54) is 0 Å². The first-order chi connectivity index (χ1) is 13.4. The lowest BCUT2D eigenvalue weighted by atomic mass is 10.1. The average Bonchev–Trinajstić information content (AvgIpc) is 3.20. The number of piperazine rings is 1. The predicted octanol–water partition coefficient (Wildman–Crippen LogP) is 1.43. The number of nitrogens with zero attached hydrogens (tertiary/aromatic N) is 4. The molecule has 1 amide bonds. The maximum absolute atomic E-state index is 13.2. The van der Waals surface area contributed by atoms with Crippen LogP contribution >= 0.6 is 0 Å². The molecule has 0 radical (unpaired) electrons. The molecule has 150 valence electrons. The molecule has 1 aromatic carbocycles. The van der Waals surface area contributed by atoms with Gasteiger partial charge in [-0.2, -0.15) is 5.10 Å². The van der Waals surface area contributed by atoms with Crippen molar-refractivity contribution in [2.75, 3.05) is 37.7 Å². The summed E-state index contributed by atoms with van der Waals surface area (Å²) in [5.74, 6) is 0.549. The highest BCUT2D eigenvalue weighted by molar-refractivity contribution is 7.91. The summed E-state index contributed by atoms with van der Waals surface area (Å²) in [6, 6.07) is 9.91. The Morgan fingerprint density at radius 3 is 2.36 bits per heavy atom. The highest BCUT2D eigenvalue weighted by atomic mass is 32.2. The molecular weight excluding hydrogens is 376 g/mol. The quantitative estimate of drug-likeness (QED) is 0.777. The summed E-state index contributed by atoms with van der Waals surface area (Å²) in [6.45, 7) is 6.47. The normalized spacial score (nSPS) is 22.5. The molecular formula is C20H26N4O3S. The van der Waals surface area contributed by atoms with Gasteiger partial charge >= 0.3 is 0 Å². The number of benzene rings is 1. The Hall–Kier alpha value is -2.19. The van der Waals surface area contributed by atoms with Gasteiger partial charge in [0.1, 0.15) is 0 Å². The smallest absolute Gasteiger partial charge is 0.257 e. The summed E-state index contributed by atoms with van der Waals surface area (Å²) < 4.78 is 25.3. The highest BCUT2D eigenvalue weighted by Gasteiger charge is 2.35. The second-order valence-corrected chi connectivity index (χ2v) is 9.91. The van der Waals surface area contributed by atoms with Gasteiger partial charge < -0.3 is 4.90 Å². The fourth-order valence-corrected chi connectivity index (χ4v) is 6.05. The lowest BCUT2D eigenvalue weighted by Crippen LogP contribution is -2.52. The van der Waals surface area contributed by atoms with Gasteiger partial charge in [-0.15, -0.1) is 0 Å². The Kier molecular flexibility index (Phi) is 5.01. The summed E-state index contributed by atoms with van der Waals surface area (Å²) in [5, 5.41) is 4.58. The van der Waals surface area contributed by atoms with Crippen LogP contribution in [0.3, 0.4) is 0 Å². The summed E-state index contributed by atoms with van der Waals surface area (Å²) in [4.78, 5) is 17.3. The molecule has 1 atom stereocenters. The third kappa shape index (κ3) is 3.58. The molecule has 0 saturated carbocycles. The van der Waals surface area contributed by atoms with Gasteiger partial charge in [-0.3, -0.25) is 9.69 Å². The van der Waals surface area contributed by atoms with Crippen LogP contribution in [-0.4, -0.2) is 77.6 Å². The molecule has 0 aliphatic carbocycles. The second kappa shape index (κ2) is 7.33. The van der Waals surface area contributed by atoms with E-state index in [-0.39, 0.29) is 23.5 Å². The lowest BCUT2D eigenvalue weighted by molar-refractivity contribution is 0.0586. The topological polar surface area (TPSA) is 75.5 Å². The molecule has 1 aromatic heterocycles. The molecule has 2 aliphatic rings. The van der Waals surface area contributed by atoms with Gasteiger partial charge in [-0.05, 0) is 32.4 Å². The lowest BCUT2D eigenvalue weighted by Gasteiger charge is -2.37. The molecule has 3 heterocycles. The molecule has 4 rings (SSSR count). The highest BCUT2D eigenvalue weighted by Crippen LogP contribution is 2.22. The zero-order valence-corrected chi connectivity index (χ0v) is 17.2. The minimum absolute atomic E-state index is 0.0101. The average molecular weight is 403 g/mol. The van der Waals surface area contributed by atoms with E-state index in [9.17, 15) is 13.2 Å². The van der Waals surface area contributed by atoms with Crippen molar-refractivity contribution in [1.29, 1.82) is 0 Å². The van der Waals surface area contributed by atoms with Crippen molar-refractivity contribution >= 4 is 15.7 Å². The van der Waals surface area contributed by atoms with Gasteiger partial charge in [0.2, 0.25) is 0 Å². The van der Waals surface area contributed by atoms with Crippen LogP contribution in [0.4, 0.5) is 0 Å². The molecule has 2 saturated heterocycles. The maximum atomic E-state index is 13.2. The molecule has 8 heteroatoms. The molecule has 0 unspecified atom stereocenters. The molecule has 28 heavy (non-hydrogen) atoms. The van der Waals surface area contributed by atoms with Crippen LogP contribution in [0, 0.1) is 13.8 Å². The van der Waals surface area contributed by atoms with Gasteiger partial charge in [0.15, 0.2) is 9.84 Å². The summed E-state index contributed by atoms with van der Waals surface area (Å²) in [7, 11) is -2.89. The van der Waals surface area contributed by atoms with Gasteiger partial charge in [0, 0.05) is 32.2 Å².